The molecule has 3 amide bonds. The fourth-order valence-electron chi connectivity index (χ4n) is 1.06. The van der Waals surface area contributed by atoms with Gasteiger partial charge in [-0.2, -0.15) is 0 Å². The maximum Gasteiger partial charge on any atom is 0.321 e. The van der Waals surface area contributed by atoms with Crippen molar-refractivity contribution in [2.45, 2.75) is 42.8 Å². The zero-order chi connectivity index (χ0) is 14.6. The molecule has 0 bridgehead atoms. The van der Waals surface area contributed by atoms with Gasteiger partial charge in [0.15, 0.2) is 4.34 Å². The maximum atomic E-state index is 11.8. The van der Waals surface area contributed by atoms with Gasteiger partial charge in [0.25, 0.3) is 0 Å². The molecule has 1 rings (SSSR count). The van der Waals surface area contributed by atoms with E-state index in [1.54, 1.807) is 6.92 Å². The Morgan fingerprint density at radius 3 is 2.47 bits per heavy atom. The molecule has 1 heterocycles. The summed E-state index contributed by atoms with van der Waals surface area (Å²) >= 11 is 2.41. The Labute approximate surface area is 119 Å². The second-order valence-corrected chi connectivity index (χ2v) is 7.46. The number of aromatic nitrogens is 2. The molecule has 0 fully saturated rings. The molecular weight excluding hydrogens is 286 g/mol. The highest BCUT2D eigenvalue weighted by molar-refractivity contribution is 8.02. The van der Waals surface area contributed by atoms with Crippen LogP contribution >= 0.6 is 23.1 Å². The largest absolute Gasteiger partial charge is 0.374 e. The average Bonchev–Trinajstić information content (AvgIpc) is 2.60. The smallest absolute Gasteiger partial charge is 0.321 e. The van der Waals surface area contributed by atoms with Gasteiger partial charge in [-0.25, -0.2) is 4.79 Å². The summed E-state index contributed by atoms with van der Waals surface area (Å²) in [6.45, 7) is 7.18. The first kappa shape index (κ1) is 15.7. The van der Waals surface area contributed by atoms with Crippen LogP contribution in [0.1, 0.15) is 27.7 Å². The summed E-state index contributed by atoms with van der Waals surface area (Å²) in [6, 6.07) is -0.512. The topological polar surface area (TPSA) is 110 Å². The highest BCUT2D eigenvalue weighted by Crippen LogP contribution is 2.27. The molecule has 19 heavy (non-hydrogen) atoms. The molecule has 0 unspecified atom stereocenters. The molecule has 0 aliphatic carbocycles. The fraction of sp³-hybridized carbons (Fsp3) is 0.600. The summed E-state index contributed by atoms with van der Waals surface area (Å²) in [5.74, 6) is -0.388. The van der Waals surface area contributed by atoms with E-state index in [-0.39, 0.29) is 5.91 Å². The lowest BCUT2D eigenvalue weighted by molar-refractivity contribution is -0.119. The number of amides is 3. The van der Waals surface area contributed by atoms with Gasteiger partial charge in [0.2, 0.25) is 11.0 Å². The third kappa shape index (κ3) is 5.88. The number of nitrogens with one attached hydrogen (secondary N) is 2. The van der Waals surface area contributed by atoms with E-state index in [0.717, 1.165) is 0 Å². The highest BCUT2D eigenvalue weighted by atomic mass is 32.2. The van der Waals surface area contributed by atoms with Crippen molar-refractivity contribution < 1.29 is 9.59 Å². The number of anilines is 1. The molecule has 4 N–H and O–H groups in total. The predicted octanol–water partition coefficient (Wildman–Crippen LogP) is 1.23. The van der Waals surface area contributed by atoms with E-state index in [1.807, 2.05) is 20.8 Å². The van der Waals surface area contributed by atoms with Crippen LogP contribution in [0.3, 0.4) is 0 Å². The van der Waals surface area contributed by atoms with Crippen molar-refractivity contribution in [2.75, 3.05) is 5.73 Å². The second-order valence-electron chi connectivity index (χ2n) is 4.86. The second kappa shape index (κ2) is 6.20. The van der Waals surface area contributed by atoms with Crippen molar-refractivity contribution in [2.24, 2.45) is 0 Å². The van der Waals surface area contributed by atoms with Crippen molar-refractivity contribution in [3.05, 3.63) is 0 Å². The minimum atomic E-state index is -0.512. The lowest BCUT2D eigenvalue weighted by Crippen LogP contribution is -2.49. The number of hydrogen-bond acceptors (Lipinski definition) is 7. The molecule has 0 aliphatic heterocycles. The first-order valence-electron chi connectivity index (χ1n) is 5.56. The Hall–Kier alpha value is -1.35. The minimum Gasteiger partial charge on any atom is -0.374 e. The molecule has 0 aliphatic rings. The lowest BCUT2D eigenvalue weighted by atomic mass is 10.1. The lowest BCUT2D eigenvalue weighted by Gasteiger charge is -2.20. The standard InChI is InChI=1S/C10H17N5O2S2/c1-5(18-9-15-14-7(11)19-9)6(16)12-8(17)13-10(2,3)4/h5H,1-4H3,(H2,11,14)(H2,12,13,16,17)/t5-/m1/s1. The Balaban J connectivity index is 2.47. The molecule has 0 radical (unpaired) electrons. The summed E-state index contributed by atoms with van der Waals surface area (Å²) in [4.78, 5) is 23.3. The van der Waals surface area contributed by atoms with Crippen molar-refractivity contribution in [3.8, 4) is 0 Å². The van der Waals surface area contributed by atoms with Crippen molar-refractivity contribution in [3.63, 3.8) is 0 Å². The molecule has 1 aromatic heterocycles. The number of rotatable bonds is 3. The van der Waals surface area contributed by atoms with Crippen molar-refractivity contribution in [1.82, 2.24) is 20.8 Å². The van der Waals surface area contributed by atoms with Gasteiger partial charge in [-0.1, -0.05) is 23.1 Å². The molecule has 1 atom stereocenters. The molecule has 0 saturated carbocycles. The van der Waals surface area contributed by atoms with Crippen LogP contribution in [0, 0.1) is 0 Å². The first-order chi connectivity index (χ1) is 8.67. The number of nitrogen functional groups attached to an aromatic ring is 1. The molecule has 106 valence electrons. The van der Waals surface area contributed by atoms with Crippen LogP contribution in [0.25, 0.3) is 0 Å². The van der Waals surface area contributed by atoms with Gasteiger partial charge in [0, 0.05) is 5.54 Å². The van der Waals surface area contributed by atoms with Crippen LogP contribution in [0.15, 0.2) is 4.34 Å². The number of hydrogen-bond donors (Lipinski definition) is 3. The molecule has 7 nitrogen and oxygen atoms in total. The number of carbonyl (C=O) groups is 2. The van der Waals surface area contributed by atoms with E-state index in [0.29, 0.717) is 9.47 Å². The van der Waals surface area contributed by atoms with Gasteiger partial charge in [0.1, 0.15) is 0 Å². The van der Waals surface area contributed by atoms with Crippen LogP contribution < -0.4 is 16.4 Å². The Morgan fingerprint density at radius 1 is 1.37 bits per heavy atom. The number of carbonyl (C=O) groups excluding carboxylic acids is 2. The Kier molecular flexibility index (Phi) is 5.12. The van der Waals surface area contributed by atoms with Crippen LogP contribution in [-0.2, 0) is 4.79 Å². The summed E-state index contributed by atoms with van der Waals surface area (Å²) in [5, 5.41) is 12.3. The number of imide groups is 1. The first-order valence-corrected chi connectivity index (χ1v) is 7.25. The van der Waals surface area contributed by atoms with Crippen molar-refractivity contribution >= 4 is 40.2 Å². The SMILES string of the molecule is C[C@@H](Sc1nnc(N)s1)C(=O)NC(=O)NC(C)(C)C. The molecular formula is C10H17N5O2S2. The normalized spacial score (nSPS) is 12.8. The van der Waals surface area contributed by atoms with E-state index >= 15 is 0 Å². The average molecular weight is 303 g/mol. The minimum absolute atomic E-state index is 0.348. The van der Waals surface area contributed by atoms with Gasteiger partial charge >= 0.3 is 6.03 Å². The van der Waals surface area contributed by atoms with Crippen molar-refractivity contribution in [1.29, 1.82) is 0 Å². The Morgan fingerprint density at radius 2 is 2.00 bits per heavy atom. The molecule has 1 aromatic rings. The quantitative estimate of drug-likeness (QED) is 0.724. The van der Waals surface area contributed by atoms with Gasteiger partial charge < -0.3 is 11.1 Å². The third-order valence-electron chi connectivity index (χ3n) is 1.79. The van der Waals surface area contributed by atoms with Gasteiger partial charge in [-0.3, -0.25) is 10.1 Å². The van der Waals surface area contributed by atoms with Gasteiger partial charge in [-0.05, 0) is 27.7 Å². The van der Waals surface area contributed by atoms with Crippen LogP contribution in [-0.4, -0.2) is 32.9 Å². The molecule has 0 saturated heterocycles. The van der Waals surface area contributed by atoms with E-state index < -0.39 is 16.8 Å². The zero-order valence-electron chi connectivity index (χ0n) is 11.2. The third-order valence-corrected chi connectivity index (χ3v) is 3.73. The van der Waals surface area contributed by atoms with Gasteiger partial charge in [-0.15, -0.1) is 10.2 Å². The summed E-state index contributed by atoms with van der Waals surface area (Å²) in [7, 11) is 0. The summed E-state index contributed by atoms with van der Waals surface area (Å²) in [5.41, 5.74) is 5.05. The number of nitrogens with two attached hydrogens (primary N) is 1. The molecule has 0 spiro atoms. The monoisotopic (exact) mass is 303 g/mol. The van der Waals surface area contributed by atoms with Crippen LogP contribution in [0.2, 0.25) is 0 Å². The summed E-state index contributed by atoms with van der Waals surface area (Å²) < 4.78 is 0.594. The predicted molar refractivity (Wildman–Crippen MR) is 76.1 cm³/mol. The van der Waals surface area contributed by atoms with E-state index in [4.69, 9.17) is 5.73 Å². The Bertz CT molecular complexity index is 469. The maximum absolute atomic E-state index is 11.8. The number of urea groups is 1. The van der Waals surface area contributed by atoms with E-state index in [9.17, 15) is 9.59 Å². The highest BCUT2D eigenvalue weighted by Gasteiger charge is 2.21. The number of nitrogens with zero attached hydrogens (tertiary/aromatic N) is 2. The van der Waals surface area contributed by atoms with E-state index in [2.05, 4.69) is 20.8 Å². The molecule has 9 heteroatoms. The summed E-state index contributed by atoms with van der Waals surface area (Å²) in [6.07, 6.45) is 0. The fourth-order valence-corrected chi connectivity index (χ4v) is 2.84. The van der Waals surface area contributed by atoms with Crippen LogP contribution in [0.5, 0.6) is 0 Å². The zero-order valence-corrected chi connectivity index (χ0v) is 12.8. The van der Waals surface area contributed by atoms with Gasteiger partial charge in [0.05, 0.1) is 5.25 Å². The van der Waals surface area contributed by atoms with Crippen LogP contribution in [0.4, 0.5) is 9.93 Å². The van der Waals surface area contributed by atoms with E-state index in [1.165, 1.54) is 23.1 Å². The molecule has 0 aromatic carbocycles. The number of thioether (sulfide) groups is 1.